The van der Waals surface area contributed by atoms with Crippen LogP contribution in [0, 0.1) is 5.92 Å². The molecule has 0 unspecified atom stereocenters. The fourth-order valence-electron chi connectivity index (χ4n) is 3.41. The molecule has 0 amide bonds. The van der Waals surface area contributed by atoms with Crippen LogP contribution < -0.4 is 4.74 Å². The number of likely N-dealkylation sites (tertiary alicyclic amines) is 1. The van der Waals surface area contributed by atoms with Crippen molar-refractivity contribution in [1.29, 1.82) is 0 Å². The Kier molecular flexibility index (Phi) is 6.31. The number of hydrogen-bond donors (Lipinski definition) is 2. The SMILES string of the molecule is Oc1ccc(OC[C@@H](O)CN2CCC(Cc3ccccc3)CC2)cc1. The van der Waals surface area contributed by atoms with Crippen LogP contribution in [0.25, 0.3) is 0 Å². The van der Waals surface area contributed by atoms with Gasteiger partial charge < -0.3 is 19.8 Å². The van der Waals surface area contributed by atoms with E-state index in [9.17, 15) is 10.2 Å². The number of piperidine rings is 1. The van der Waals surface area contributed by atoms with Gasteiger partial charge in [-0.3, -0.25) is 0 Å². The van der Waals surface area contributed by atoms with Crippen LogP contribution in [0.15, 0.2) is 54.6 Å². The number of aromatic hydroxyl groups is 1. The number of benzene rings is 2. The standard InChI is InChI=1S/C21H27NO3/c23-19-6-8-21(9-7-19)25-16-20(24)15-22-12-10-18(11-13-22)14-17-4-2-1-3-5-17/h1-9,18,20,23-24H,10-16H2/t20-/m0/s1. The molecule has 4 nitrogen and oxygen atoms in total. The molecule has 134 valence electrons. The minimum Gasteiger partial charge on any atom is -0.508 e. The number of rotatable bonds is 7. The maximum atomic E-state index is 10.2. The van der Waals surface area contributed by atoms with E-state index in [0.717, 1.165) is 25.4 Å². The van der Waals surface area contributed by atoms with Gasteiger partial charge in [-0.25, -0.2) is 0 Å². The molecule has 1 aliphatic heterocycles. The molecule has 2 aromatic rings. The zero-order valence-corrected chi connectivity index (χ0v) is 14.6. The van der Waals surface area contributed by atoms with Crippen molar-refractivity contribution in [2.45, 2.75) is 25.4 Å². The highest BCUT2D eigenvalue weighted by atomic mass is 16.5. The van der Waals surface area contributed by atoms with Gasteiger partial charge in [-0.05, 0) is 68.1 Å². The van der Waals surface area contributed by atoms with Gasteiger partial charge in [0, 0.05) is 6.54 Å². The fraction of sp³-hybridized carbons (Fsp3) is 0.429. The number of β-amino-alcohol motifs (C(OH)–C–C–N with tert-alkyl or cyclic N) is 1. The van der Waals surface area contributed by atoms with Crippen molar-refractivity contribution < 1.29 is 14.9 Å². The van der Waals surface area contributed by atoms with Gasteiger partial charge in [0.15, 0.2) is 0 Å². The summed E-state index contributed by atoms with van der Waals surface area (Å²) in [5.41, 5.74) is 1.42. The van der Waals surface area contributed by atoms with Gasteiger partial charge in [-0.15, -0.1) is 0 Å². The van der Waals surface area contributed by atoms with Crippen LogP contribution >= 0.6 is 0 Å². The first-order valence-electron chi connectivity index (χ1n) is 9.05. The molecular formula is C21H27NO3. The summed E-state index contributed by atoms with van der Waals surface area (Å²) in [5, 5.41) is 19.5. The molecule has 3 rings (SSSR count). The Balaban J connectivity index is 1.36. The van der Waals surface area contributed by atoms with Gasteiger partial charge in [0.05, 0.1) is 0 Å². The summed E-state index contributed by atoms with van der Waals surface area (Å²) in [4.78, 5) is 2.33. The van der Waals surface area contributed by atoms with Crippen LogP contribution in [0.2, 0.25) is 0 Å². The minimum absolute atomic E-state index is 0.214. The first-order valence-corrected chi connectivity index (χ1v) is 9.05. The zero-order chi connectivity index (χ0) is 17.5. The van der Waals surface area contributed by atoms with Crippen molar-refractivity contribution in [3.63, 3.8) is 0 Å². The molecule has 0 spiro atoms. The molecule has 0 aliphatic carbocycles. The highest BCUT2D eigenvalue weighted by Crippen LogP contribution is 2.22. The van der Waals surface area contributed by atoms with E-state index in [1.807, 2.05) is 0 Å². The molecule has 0 aromatic heterocycles. The number of phenolic OH excluding ortho intramolecular Hbond substituents is 1. The maximum absolute atomic E-state index is 10.2. The quantitative estimate of drug-likeness (QED) is 0.813. The lowest BCUT2D eigenvalue weighted by Crippen LogP contribution is -2.41. The number of aliphatic hydroxyl groups excluding tert-OH is 1. The summed E-state index contributed by atoms with van der Waals surface area (Å²) in [6.45, 7) is 2.99. The van der Waals surface area contributed by atoms with Crippen molar-refractivity contribution in [3.05, 3.63) is 60.2 Å². The minimum atomic E-state index is -0.500. The Morgan fingerprint density at radius 3 is 2.36 bits per heavy atom. The molecule has 2 N–H and O–H groups in total. The highest BCUT2D eigenvalue weighted by molar-refractivity contribution is 5.30. The molecule has 1 saturated heterocycles. The van der Waals surface area contributed by atoms with E-state index < -0.39 is 6.10 Å². The third-order valence-electron chi connectivity index (χ3n) is 4.82. The smallest absolute Gasteiger partial charge is 0.119 e. The van der Waals surface area contributed by atoms with E-state index in [0.29, 0.717) is 12.3 Å². The van der Waals surface area contributed by atoms with Crippen LogP contribution in [0.3, 0.4) is 0 Å². The van der Waals surface area contributed by atoms with E-state index >= 15 is 0 Å². The second-order valence-corrected chi connectivity index (χ2v) is 6.89. The zero-order valence-electron chi connectivity index (χ0n) is 14.6. The molecule has 1 aliphatic rings. The van der Waals surface area contributed by atoms with Gasteiger partial charge in [0.2, 0.25) is 0 Å². The average Bonchev–Trinajstić information content (AvgIpc) is 2.64. The lowest BCUT2D eigenvalue weighted by Gasteiger charge is -2.33. The number of hydrogen-bond acceptors (Lipinski definition) is 4. The number of ether oxygens (including phenoxy) is 1. The Hall–Kier alpha value is -2.04. The van der Waals surface area contributed by atoms with Crippen LogP contribution in [-0.2, 0) is 6.42 Å². The summed E-state index contributed by atoms with van der Waals surface area (Å²) in [5.74, 6) is 1.62. The topological polar surface area (TPSA) is 52.9 Å². The van der Waals surface area contributed by atoms with Gasteiger partial charge in [0.25, 0.3) is 0 Å². The second-order valence-electron chi connectivity index (χ2n) is 6.89. The summed E-state index contributed by atoms with van der Waals surface area (Å²) in [6.07, 6.45) is 3.02. The van der Waals surface area contributed by atoms with Crippen LogP contribution in [0.4, 0.5) is 0 Å². The van der Waals surface area contributed by atoms with E-state index in [4.69, 9.17) is 4.74 Å². The monoisotopic (exact) mass is 341 g/mol. The first-order chi connectivity index (χ1) is 12.2. The van der Waals surface area contributed by atoms with Crippen LogP contribution in [-0.4, -0.2) is 47.5 Å². The van der Waals surface area contributed by atoms with Crippen LogP contribution in [0.1, 0.15) is 18.4 Å². The number of aliphatic hydroxyl groups is 1. The Morgan fingerprint density at radius 2 is 1.68 bits per heavy atom. The number of nitrogens with zero attached hydrogens (tertiary/aromatic N) is 1. The largest absolute Gasteiger partial charge is 0.508 e. The number of phenols is 1. The Morgan fingerprint density at radius 1 is 1.00 bits per heavy atom. The summed E-state index contributed by atoms with van der Waals surface area (Å²) in [6, 6.07) is 17.3. The van der Waals surface area contributed by atoms with Crippen molar-refractivity contribution in [3.8, 4) is 11.5 Å². The van der Waals surface area contributed by atoms with Gasteiger partial charge in [0.1, 0.15) is 24.2 Å². The van der Waals surface area contributed by atoms with Crippen molar-refractivity contribution >= 4 is 0 Å². The van der Waals surface area contributed by atoms with Gasteiger partial charge >= 0.3 is 0 Å². The second kappa shape index (κ2) is 8.88. The molecule has 2 aromatic carbocycles. The van der Waals surface area contributed by atoms with Gasteiger partial charge in [-0.2, -0.15) is 0 Å². The fourth-order valence-corrected chi connectivity index (χ4v) is 3.41. The summed E-state index contributed by atoms with van der Waals surface area (Å²) >= 11 is 0. The average molecular weight is 341 g/mol. The van der Waals surface area contributed by atoms with E-state index in [-0.39, 0.29) is 12.4 Å². The molecule has 0 saturated carbocycles. The van der Waals surface area contributed by atoms with Crippen molar-refractivity contribution in [2.24, 2.45) is 5.92 Å². The van der Waals surface area contributed by atoms with E-state index in [1.165, 1.54) is 18.4 Å². The Bertz CT molecular complexity index is 621. The van der Waals surface area contributed by atoms with Crippen molar-refractivity contribution in [1.82, 2.24) is 4.90 Å². The van der Waals surface area contributed by atoms with E-state index in [2.05, 4.69) is 35.2 Å². The third kappa shape index (κ3) is 5.76. The lowest BCUT2D eigenvalue weighted by molar-refractivity contribution is 0.0550. The van der Waals surface area contributed by atoms with Crippen molar-refractivity contribution in [2.75, 3.05) is 26.2 Å². The van der Waals surface area contributed by atoms with E-state index in [1.54, 1.807) is 24.3 Å². The first kappa shape index (κ1) is 17.8. The normalized spacial score (nSPS) is 17.3. The van der Waals surface area contributed by atoms with Gasteiger partial charge in [-0.1, -0.05) is 30.3 Å². The summed E-state index contributed by atoms with van der Waals surface area (Å²) in [7, 11) is 0. The summed E-state index contributed by atoms with van der Waals surface area (Å²) < 4.78 is 5.58. The molecule has 25 heavy (non-hydrogen) atoms. The molecule has 1 atom stereocenters. The molecule has 4 heteroatoms. The lowest BCUT2D eigenvalue weighted by atomic mass is 9.90. The molecule has 0 radical (unpaired) electrons. The third-order valence-corrected chi connectivity index (χ3v) is 4.82. The predicted octanol–water partition coefficient (Wildman–Crippen LogP) is 3.09. The maximum Gasteiger partial charge on any atom is 0.119 e. The predicted molar refractivity (Wildman–Crippen MR) is 98.9 cm³/mol. The molecule has 0 bridgehead atoms. The Labute approximate surface area is 149 Å². The molecule has 1 fully saturated rings. The van der Waals surface area contributed by atoms with Crippen LogP contribution in [0.5, 0.6) is 11.5 Å². The molecule has 1 heterocycles. The molecular weight excluding hydrogens is 314 g/mol. The highest BCUT2D eigenvalue weighted by Gasteiger charge is 2.21.